The molecule has 1 fully saturated rings. The van der Waals surface area contributed by atoms with Crippen molar-refractivity contribution in [2.75, 3.05) is 40.0 Å². The van der Waals surface area contributed by atoms with Gasteiger partial charge in [-0.2, -0.15) is 0 Å². The standard InChI is InChI=1S/C16H20N2O5/c1-21-13-3-2-12-6-11(10-23-14(12)7-13)8-17-15(19)9-18-4-5-22-16(18)20/h2-3,7,11H,4-6,8-10H2,1H3,(H,17,19). The van der Waals surface area contributed by atoms with Crippen molar-refractivity contribution in [1.29, 1.82) is 0 Å². The van der Waals surface area contributed by atoms with Gasteiger partial charge in [-0.05, 0) is 18.1 Å². The minimum atomic E-state index is -0.427. The molecular weight excluding hydrogens is 300 g/mol. The fourth-order valence-corrected chi connectivity index (χ4v) is 2.73. The Bertz CT molecular complexity index is 604. The number of amides is 2. The Kier molecular flexibility index (Phi) is 4.55. The van der Waals surface area contributed by atoms with Gasteiger partial charge in [-0.3, -0.25) is 9.69 Å². The molecule has 0 radical (unpaired) electrons. The Balaban J connectivity index is 1.48. The summed E-state index contributed by atoms with van der Waals surface area (Å²) in [4.78, 5) is 24.6. The molecule has 1 N–H and O–H groups in total. The van der Waals surface area contributed by atoms with Crippen LogP contribution in [-0.4, -0.2) is 56.9 Å². The van der Waals surface area contributed by atoms with Crippen molar-refractivity contribution in [3.8, 4) is 11.5 Å². The highest BCUT2D eigenvalue weighted by Crippen LogP contribution is 2.30. The van der Waals surface area contributed by atoms with Crippen LogP contribution in [0.2, 0.25) is 0 Å². The number of benzene rings is 1. The molecule has 1 saturated heterocycles. The van der Waals surface area contributed by atoms with E-state index in [1.165, 1.54) is 4.90 Å². The molecule has 1 atom stereocenters. The van der Waals surface area contributed by atoms with Crippen LogP contribution in [0, 0.1) is 5.92 Å². The van der Waals surface area contributed by atoms with Crippen LogP contribution in [0.3, 0.4) is 0 Å². The molecule has 7 nitrogen and oxygen atoms in total. The number of rotatable bonds is 5. The largest absolute Gasteiger partial charge is 0.497 e. The lowest BCUT2D eigenvalue weighted by atomic mass is 9.96. The fourth-order valence-electron chi connectivity index (χ4n) is 2.73. The zero-order valence-corrected chi connectivity index (χ0v) is 13.0. The summed E-state index contributed by atoms with van der Waals surface area (Å²) in [6, 6.07) is 5.77. The van der Waals surface area contributed by atoms with E-state index in [1.54, 1.807) is 7.11 Å². The first-order valence-corrected chi connectivity index (χ1v) is 7.64. The number of carbonyl (C=O) groups excluding carboxylic acids is 2. The zero-order chi connectivity index (χ0) is 16.2. The summed E-state index contributed by atoms with van der Waals surface area (Å²) in [7, 11) is 1.62. The molecule has 0 saturated carbocycles. The Labute approximate surface area is 134 Å². The monoisotopic (exact) mass is 320 g/mol. The van der Waals surface area contributed by atoms with Gasteiger partial charge in [0.25, 0.3) is 0 Å². The lowest BCUT2D eigenvalue weighted by molar-refractivity contribution is -0.121. The Morgan fingerprint density at radius 3 is 3.04 bits per heavy atom. The molecule has 0 spiro atoms. The summed E-state index contributed by atoms with van der Waals surface area (Å²) in [6.45, 7) is 1.93. The highest BCUT2D eigenvalue weighted by Gasteiger charge is 2.25. The van der Waals surface area contributed by atoms with Gasteiger partial charge in [0, 0.05) is 18.5 Å². The van der Waals surface area contributed by atoms with E-state index in [-0.39, 0.29) is 18.4 Å². The van der Waals surface area contributed by atoms with Gasteiger partial charge in [0.05, 0.1) is 20.3 Å². The van der Waals surface area contributed by atoms with Crippen molar-refractivity contribution < 1.29 is 23.8 Å². The first kappa shape index (κ1) is 15.5. The quantitative estimate of drug-likeness (QED) is 0.869. The van der Waals surface area contributed by atoms with E-state index in [1.807, 2.05) is 18.2 Å². The Morgan fingerprint density at radius 1 is 1.43 bits per heavy atom. The number of ether oxygens (including phenoxy) is 3. The van der Waals surface area contributed by atoms with Gasteiger partial charge in [0.1, 0.15) is 24.7 Å². The van der Waals surface area contributed by atoms with Gasteiger partial charge in [0.2, 0.25) is 5.91 Å². The number of nitrogens with zero attached hydrogens (tertiary/aromatic N) is 1. The van der Waals surface area contributed by atoms with Crippen LogP contribution in [0.5, 0.6) is 11.5 Å². The molecule has 2 heterocycles. The second kappa shape index (κ2) is 6.76. The predicted molar refractivity (Wildman–Crippen MR) is 81.6 cm³/mol. The molecule has 7 heteroatoms. The highest BCUT2D eigenvalue weighted by atomic mass is 16.6. The summed E-state index contributed by atoms with van der Waals surface area (Å²) in [5.41, 5.74) is 1.11. The minimum Gasteiger partial charge on any atom is -0.497 e. The van der Waals surface area contributed by atoms with Crippen LogP contribution in [0.4, 0.5) is 4.79 Å². The minimum absolute atomic E-state index is 0.0419. The van der Waals surface area contributed by atoms with E-state index in [2.05, 4.69) is 5.32 Å². The van der Waals surface area contributed by atoms with Gasteiger partial charge < -0.3 is 19.5 Å². The van der Waals surface area contributed by atoms with Crippen molar-refractivity contribution >= 4 is 12.0 Å². The highest BCUT2D eigenvalue weighted by molar-refractivity contribution is 5.82. The number of hydrogen-bond donors (Lipinski definition) is 1. The molecule has 0 aliphatic carbocycles. The molecular formula is C16H20N2O5. The summed E-state index contributed by atoms with van der Waals surface area (Å²) in [5.74, 6) is 1.65. The first-order valence-electron chi connectivity index (χ1n) is 7.64. The lowest BCUT2D eigenvalue weighted by Gasteiger charge is -2.26. The van der Waals surface area contributed by atoms with Crippen molar-refractivity contribution in [3.05, 3.63) is 23.8 Å². The van der Waals surface area contributed by atoms with Crippen molar-refractivity contribution in [2.24, 2.45) is 5.92 Å². The van der Waals surface area contributed by atoms with Gasteiger partial charge in [0.15, 0.2) is 0 Å². The second-order valence-corrected chi connectivity index (χ2v) is 5.69. The van der Waals surface area contributed by atoms with Gasteiger partial charge in [-0.1, -0.05) is 6.07 Å². The van der Waals surface area contributed by atoms with E-state index >= 15 is 0 Å². The van der Waals surface area contributed by atoms with Crippen LogP contribution < -0.4 is 14.8 Å². The number of nitrogens with one attached hydrogen (secondary N) is 1. The third-order valence-corrected chi connectivity index (χ3v) is 4.02. The van der Waals surface area contributed by atoms with Gasteiger partial charge in [-0.25, -0.2) is 4.79 Å². The van der Waals surface area contributed by atoms with Crippen molar-refractivity contribution in [2.45, 2.75) is 6.42 Å². The summed E-state index contributed by atoms with van der Waals surface area (Å²) < 4.78 is 15.7. The first-order chi connectivity index (χ1) is 11.2. The van der Waals surface area contributed by atoms with Crippen LogP contribution in [-0.2, 0) is 16.0 Å². The van der Waals surface area contributed by atoms with E-state index in [4.69, 9.17) is 14.2 Å². The molecule has 3 rings (SSSR count). The summed E-state index contributed by atoms with van der Waals surface area (Å²) >= 11 is 0. The Morgan fingerprint density at radius 2 is 2.30 bits per heavy atom. The molecule has 2 amide bonds. The van der Waals surface area contributed by atoms with Crippen molar-refractivity contribution in [3.63, 3.8) is 0 Å². The summed E-state index contributed by atoms with van der Waals surface area (Å²) in [5, 5.41) is 2.86. The Hall–Kier alpha value is -2.44. The van der Waals surface area contributed by atoms with Crippen LogP contribution in [0.25, 0.3) is 0 Å². The van der Waals surface area contributed by atoms with Gasteiger partial charge >= 0.3 is 6.09 Å². The zero-order valence-electron chi connectivity index (χ0n) is 13.0. The molecule has 0 bridgehead atoms. The predicted octanol–water partition coefficient (Wildman–Crippen LogP) is 0.815. The van der Waals surface area contributed by atoms with E-state index < -0.39 is 6.09 Å². The van der Waals surface area contributed by atoms with Crippen molar-refractivity contribution in [1.82, 2.24) is 10.2 Å². The van der Waals surface area contributed by atoms with E-state index in [0.717, 1.165) is 23.5 Å². The topological polar surface area (TPSA) is 77.1 Å². The van der Waals surface area contributed by atoms with Crippen LogP contribution in [0.1, 0.15) is 5.56 Å². The number of carbonyl (C=O) groups is 2. The second-order valence-electron chi connectivity index (χ2n) is 5.69. The summed E-state index contributed by atoms with van der Waals surface area (Å²) in [6.07, 6.45) is 0.412. The van der Waals surface area contributed by atoms with E-state index in [0.29, 0.717) is 26.3 Å². The smallest absolute Gasteiger partial charge is 0.410 e. The number of cyclic esters (lactones) is 1. The average Bonchev–Trinajstić information content (AvgIpc) is 2.97. The number of hydrogen-bond acceptors (Lipinski definition) is 5. The lowest BCUT2D eigenvalue weighted by Crippen LogP contribution is -2.41. The molecule has 1 aromatic carbocycles. The third-order valence-electron chi connectivity index (χ3n) is 4.02. The fraction of sp³-hybridized carbons (Fsp3) is 0.500. The maximum Gasteiger partial charge on any atom is 0.410 e. The SMILES string of the molecule is COc1ccc2c(c1)OCC(CNC(=O)CN1CCOC1=O)C2. The molecule has 23 heavy (non-hydrogen) atoms. The molecule has 2 aliphatic rings. The third kappa shape index (κ3) is 3.67. The maximum atomic E-state index is 11.9. The van der Waals surface area contributed by atoms with E-state index in [9.17, 15) is 9.59 Å². The van der Waals surface area contributed by atoms with Crippen LogP contribution >= 0.6 is 0 Å². The normalized spacial score (nSPS) is 19.6. The molecule has 1 unspecified atom stereocenters. The molecule has 124 valence electrons. The number of methoxy groups -OCH3 is 1. The maximum absolute atomic E-state index is 11.9. The molecule has 0 aromatic heterocycles. The van der Waals surface area contributed by atoms with Gasteiger partial charge in [-0.15, -0.1) is 0 Å². The van der Waals surface area contributed by atoms with Crippen LogP contribution in [0.15, 0.2) is 18.2 Å². The average molecular weight is 320 g/mol. The molecule has 1 aromatic rings. The molecule has 2 aliphatic heterocycles. The number of fused-ring (bicyclic) bond motifs is 1.